The lowest BCUT2D eigenvalue weighted by Gasteiger charge is -2.51. The first-order chi connectivity index (χ1) is 11.9. The summed E-state index contributed by atoms with van der Waals surface area (Å²) in [6, 6.07) is 0. The van der Waals surface area contributed by atoms with Crippen molar-refractivity contribution < 1.29 is 14.7 Å². The number of carbonyl (C=O) groups excluding carboxylic acids is 2. The normalized spacial score (nSPS) is 27.7. The van der Waals surface area contributed by atoms with Crippen LogP contribution < -0.4 is 5.32 Å². The molecule has 0 unspecified atom stereocenters. The predicted molar refractivity (Wildman–Crippen MR) is 98.1 cm³/mol. The van der Waals surface area contributed by atoms with Crippen LogP contribution in [-0.4, -0.2) is 72.1 Å². The highest BCUT2D eigenvalue weighted by molar-refractivity contribution is 5.83. The second-order valence-corrected chi connectivity index (χ2v) is 7.91. The Hall–Kier alpha value is -1.14. The molecule has 0 saturated carbocycles. The van der Waals surface area contributed by atoms with Crippen molar-refractivity contribution in [3.63, 3.8) is 0 Å². The lowest BCUT2D eigenvalue weighted by atomic mass is 9.71. The quantitative estimate of drug-likeness (QED) is 0.753. The van der Waals surface area contributed by atoms with Gasteiger partial charge in [-0.2, -0.15) is 0 Å². The Morgan fingerprint density at radius 1 is 1.24 bits per heavy atom. The fraction of sp³-hybridized carbons (Fsp3) is 0.895. The third-order valence-electron chi connectivity index (χ3n) is 6.08. The van der Waals surface area contributed by atoms with Crippen LogP contribution in [0, 0.1) is 11.3 Å². The van der Waals surface area contributed by atoms with Crippen molar-refractivity contribution in [3.8, 4) is 0 Å². The van der Waals surface area contributed by atoms with Crippen LogP contribution in [0.5, 0.6) is 0 Å². The van der Waals surface area contributed by atoms with Gasteiger partial charge in [-0.3, -0.25) is 9.59 Å². The minimum atomic E-state index is -0.346. The summed E-state index contributed by atoms with van der Waals surface area (Å²) in [5.74, 6) is 0.473. The van der Waals surface area contributed by atoms with E-state index >= 15 is 0 Å². The highest BCUT2D eigenvalue weighted by Crippen LogP contribution is 2.39. The molecule has 144 valence electrons. The highest BCUT2D eigenvalue weighted by Gasteiger charge is 2.46. The Labute approximate surface area is 151 Å². The minimum Gasteiger partial charge on any atom is -0.392 e. The first-order valence-electron chi connectivity index (χ1n) is 9.82. The molecule has 0 radical (unpaired) electrons. The standard InChI is InChI=1S/C19H35N3O3/c1-4-16(5-2)12-21-10-7-17(24)19(13-21)8-6-9-22(14-19)18(25)11-20-15(3)23/h16-17,24H,4-14H2,1-3H3,(H,20,23)/t17-,19-/m1/s1. The van der Waals surface area contributed by atoms with Crippen LogP contribution in [0.15, 0.2) is 0 Å². The lowest BCUT2D eigenvalue weighted by molar-refractivity contribution is -0.141. The zero-order valence-electron chi connectivity index (χ0n) is 16.1. The lowest BCUT2D eigenvalue weighted by Crippen LogP contribution is -2.60. The molecule has 25 heavy (non-hydrogen) atoms. The SMILES string of the molecule is CCC(CC)CN1CC[C@@H](O)[C@]2(CCCN(C(=O)CNC(C)=O)C2)C1. The Morgan fingerprint density at radius 3 is 2.60 bits per heavy atom. The number of nitrogens with zero attached hydrogens (tertiary/aromatic N) is 2. The van der Waals surface area contributed by atoms with Gasteiger partial charge in [0.05, 0.1) is 12.6 Å². The van der Waals surface area contributed by atoms with Crippen molar-refractivity contribution >= 4 is 11.8 Å². The molecule has 2 atom stereocenters. The first-order valence-corrected chi connectivity index (χ1v) is 9.82. The van der Waals surface area contributed by atoms with Crippen LogP contribution in [-0.2, 0) is 9.59 Å². The summed E-state index contributed by atoms with van der Waals surface area (Å²) in [6.45, 7) is 10.2. The summed E-state index contributed by atoms with van der Waals surface area (Å²) in [6.07, 6.45) is 4.70. The highest BCUT2D eigenvalue weighted by atomic mass is 16.3. The molecule has 2 amide bonds. The molecular weight excluding hydrogens is 318 g/mol. The molecule has 6 heteroatoms. The van der Waals surface area contributed by atoms with Crippen LogP contribution >= 0.6 is 0 Å². The first kappa shape index (κ1) is 20.2. The summed E-state index contributed by atoms with van der Waals surface area (Å²) in [4.78, 5) is 27.8. The van der Waals surface area contributed by atoms with E-state index in [2.05, 4.69) is 24.1 Å². The number of rotatable bonds is 6. The molecule has 2 heterocycles. The average molecular weight is 354 g/mol. The van der Waals surface area contributed by atoms with E-state index in [0.29, 0.717) is 12.5 Å². The number of nitrogens with one attached hydrogen (secondary N) is 1. The Kier molecular flexibility index (Phi) is 7.25. The maximum Gasteiger partial charge on any atom is 0.241 e. The number of carbonyl (C=O) groups is 2. The molecule has 2 aliphatic heterocycles. The molecule has 2 N–H and O–H groups in total. The van der Waals surface area contributed by atoms with Gasteiger partial charge in [0, 0.05) is 45.1 Å². The molecule has 0 aromatic rings. The average Bonchev–Trinajstić information content (AvgIpc) is 2.60. The topological polar surface area (TPSA) is 72.9 Å². The van der Waals surface area contributed by atoms with Crippen LogP contribution in [0.4, 0.5) is 0 Å². The number of amides is 2. The van der Waals surface area contributed by atoms with Gasteiger partial charge in [-0.15, -0.1) is 0 Å². The minimum absolute atomic E-state index is 0.0430. The van der Waals surface area contributed by atoms with E-state index in [1.807, 2.05) is 4.90 Å². The van der Waals surface area contributed by atoms with Crippen LogP contribution in [0.25, 0.3) is 0 Å². The molecular formula is C19H35N3O3. The molecule has 2 fully saturated rings. The van der Waals surface area contributed by atoms with Gasteiger partial charge >= 0.3 is 0 Å². The molecule has 2 saturated heterocycles. The fourth-order valence-corrected chi connectivity index (χ4v) is 4.39. The Bertz CT molecular complexity index is 467. The van der Waals surface area contributed by atoms with Gasteiger partial charge in [0.15, 0.2) is 0 Å². The van der Waals surface area contributed by atoms with Gasteiger partial charge < -0.3 is 20.2 Å². The molecule has 0 bridgehead atoms. The number of aliphatic hydroxyl groups excluding tert-OH is 1. The molecule has 1 spiro atoms. The number of likely N-dealkylation sites (tertiary alicyclic amines) is 2. The van der Waals surface area contributed by atoms with Crippen molar-refractivity contribution in [2.24, 2.45) is 11.3 Å². The second-order valence-electron chi connectivity index (χ2n) is 7.91. The summed E-state index contributed by atoms with van der Waals surface area (Å²) < 4.78 is 0. The van der Waals surface area contributed by atoms with Crippen molar-refractivity contribution in [1.82, 2.24) is 15.1 Å². The van der Waals surface area contributed by atoms with Gasteiger partial charge in [-0.1, -0.05) is 26.7 Å². The molecule has 0 aliphatic carbocycles. The molecule has 0 aromatic heterocycles. The zero-order chi connectivity index (χ0) is 18.4. The summed E-state index contributed by atoms with van der Waals surface area (Å²) >= 11 is 0. The molecule has 6 nitrogen and oxygen atoms in total. The van der Waals surface area contributed by atoms with Gasteiger partial charge in [0.25, 0.3) is 0 Å². The maximum absolute atomic E-state index is 12.4. The van der Waals surface area contributed by atoms with Gasteiger partial charge in [-0.25, -0.2) is 0 Å². The van der Waals surface area contributed by atoms with Crippen molar-refractivity contribution in [2.45, 2.75) is 59.0 Å². The van der Waals surface area contributed by atoms with E-state index in [1.165, 1.54) is 19.8 Å². The van der Waals surface area contributed by atoms with E-state index in [1.54, 1.807) is 0 Å². The summed E-state index contributed by atoms with van der Waals surface area (Å²) in [7, 11) is 0. The largest absolute Gasteiger partial charge is 0.392 e. The van der Waals surface area contributed by atoms with E-state index in [9.17, 15) is 14.7 Å². The third kappa shape index (κ3) is 5.17. The van der Waals surface area contributed by atoms with Crippen LogP contribution in [0.1, 0.15) is 52.9 Å². The van der Waals surface area contributed by atoms with Gasteiger partial charge in [0.2, 0.25) is 11.8 Å². The summed E-state index contributed by atoms with van der Waals surface area (Å²) in [5, 5.41) is 13.3. The van der Waals surface area contributed by atoms with E-state index in [4.69, 9.17) is 0 Å². The van der Waals surface area contributed by atoms with Crippen molar-refractivity contribution in [2.75, 3.05) is 39.3 Å². The van der Waals surface area contributed by atoms with Crippen LogP contribution in [0.3, 0.4) is 0 Å². The van der Waals surface area contributed by atoms with E-state index in [-0.39, 0.29) is 29.9 Å². The number of hydrogen-bond acceptors (Lipinski definition) is 4. The maximum atomic E-state index is 12.4. The van der Waals surface area contributed by atoms with E-state index < -0.39 is 0 Å². The van der Waals surface area contributed by atoms with Crippen LogP contribution in [0.2, 0.25) is 0 Å². The Balaban J connectivity index is 2.01. The number of hydrogen-bond donors (Lipinski definition) is 2. The number of piperidine rings is 2. The zero-order valence-corrected chi connectivity index (χ0v) is 16.1. The van der Waals surface area contributed by atoms with Crippen molar-refractivity contribution in [1.29, 1.82) is 0 Å². The fourth-order valence-electron chi connectivity index (χ4n) is 4.39. The van der Waals surface area contributed by atoms with Gasteiger partial charge in [0.1, 0.15) is 0 Å². The van der Waals surface area contributed by atoms with Crippen molar-refractivity contribution in [3.05, 3.63) is 0 Å². The van der Waals surface area contributed by atoms with E-state index in [0.717, 1.165) is 45.4 Å². The third-order valence-corrected chi connectivity index (χ3v) is 6.08. The van der Waals surface area contributed by atoms with Gasteiger partial charge in [-0.05, 0) is 25.2 Å². The Morgan fingerprint density at radius 2 is 1.96 bits per heavy atom. The second kappa shape index (κ2) is 8.99. The number of aliphatic hydroxyl groups is 1. The molecule has 0 aromatic carbocycles. The predicted octanol–water partition coefficient (Wildman–Crippen LogP) is 1.23. The molecule has 2 rings (SSSR count). The monoisotopic (exact) mass is 353 g/mol. The molecule has 2 aliphatic rings. The smallest absolute Gasteiger partial charge is 0.241 e. The summed E-state index contributed by atoms with van der Waals surface area (Å²) in [5.41, 5.74) is -0.214.